The molecule has 4 heterocycles. The lowest BCUT2D eigenvalue weighted by Gasteiger charge is -2.41. The molecule has 1 N–H and O–H groups in total. The molecule has 166 valence electrons. The number of aliphatic hydroxyl groups is 1. The smallest absolute Gasteiger partial charge is 0.226 e. The molecule has 5 nitrogen and oxygen atoms in total. The molecule has 0 unspecified atom stereocenters. The summed E-state index contributed by atoms with van der Waals surface area (Å²) in [7, 11) is 0. The lowest BCUT2D eigenvalue weighted by molar-refractivity contribution is -0.132. The second-order valence-electron chi connectivity index (χ2n) is 9.26. The highest BCUT2D eigenvalue weighted by Gasteiger charge is 2.28. The number of carbonyl (C=O) groups is 1. The van der Waals surface area contributed by atoms with Crippen LogP contribution in [0.1, 0.15) is 41.7 Å². The highest BCUT2D eigenvalue weighted by atomic mass is 32.1. The van der Waals surface area contributed by atoms with E-state index in [1.54, 1.807) is 10.4 Å². The standard InChI is InChI=1S/C25H33N3O2S/c29-23-7-13-27(14-8-23)25(30)17-19-1-3-21(4-2-19)26-11-5-22(6-12-26)28-15-9-24-20(18-28)10-16-31-24/h1-4,10,16,22-23,29H,5-9,11-15,17-18H2. The summed E-state index contributed by atoms with van der Waals surface area (Å²) >= 11 is 1.92. The molecule has 1 aromatic carbocycles. The molecule has 0 atom stereocenters. The molecule has 0 aliphatic carbocycles. The molecular formula is C25H33N3O2S. The molecule has 1 aromatic heterocycles. The average molecular weight is 440 g/mol. The fourth-order valence-electron chi connectivity index (χ4n) is 5.30. The third kappa shape index (κ3) is 4.81. The summed E-state index contributed by atoms with van der Waals surface area (Å²) in [5.41, 5.74) is 3.90. The van der Waals surface area contributed by atoms with Crippen molar-refractivity contribution in [2.24, 2.45) is 0 Å². The lowest BCUT2D eigenvalue weighted by atomic mass is 9.99. The number of benzene rings is 1. The van der Waals surface area contributed by atoms with Gasteiger partial charge in [-0.05, 0) is 66.8 Å². The minimum Gasteiger partial charge on any atom is -0.393 e. The van der Waals surface area contributed by atoms with Gasteiger partial charge in [0.2, 0.25) is 5.91 Å². The van der Waals surface area contributed by atoms with E-state index in [9.17, 15) is 9.90 Å². The molecule has 31 heavy (non-hydrogen) atoms. The number of anilines is 1. The Bertz CT molecular complexity index is 880. The average Bonchev–Trinajstić information content (AvgIpc) is 3.28. The monoisotopic (exact) mass is 439 g/mol. The predicted octanol–water partition coefficient (Wildman–Crippen LogP) is 3.30. The van der Waals surface area contributed by atoms with Crippen molar-refractivity contribution >= 4 is 22.9 Å². The Morgan fingerprint density at radius 1 is 0.968 bits per heavy atom. The molecule has 0 spiro atoms. The lowest BCUT2D eigenvalue weighted by Crippen LogP contribution is -2.46. The van der Waals surface area contributed by atoms with Crippen LogP contribution in [-0.4, -0.2) is 65.7 Å². The van der Waals surface area contributed by atoms with Gasteiger partial charge >= 0.3 is 0 Å². The maximum Gasteiger partial charge on any atom is 0.226 e. The van der Waals surface area contributed by atoms with Gasteiger partial charge in [0.1, 0.15) is 0 Å². The van der Waals surface area contributed by atoms with Crippen LogP contribution in [0, 0.1) is 0 Å². The minimum atomic E-state index is -0.240. The van der Waals surface area contributed by atoms with Crippen LogP contribution in [0.3, 0.4) is 0 Å². The van der Waals surface area contributed by atoms with Crippen LogP contribution in [0.25, 0.3) is 0 Å². The fraction of sp³-hybridized carbons (Fsp3) is 0.560. The Hall–Kier alpha value is -1.89. The van der Waals surface area contributed by atoms with Crippen LogP contribution >= 0.6 is 11.3 Å². The molecule has 6 heteroatoms. The molecule has 1 amide bonds. The third-order valence-corrected chi connectivity index (χ3v) is 8.32. The molecule has 3 aliphatic heterocycles. The second kappa shape index (κ2) is 9.31. The first-order valence-corrected chi connectivity index (χ1v) is 12.6. The van der Waals surface area contributed by atoms with Crippen LogP contribution < -0.4 is 4.90 Å². The number of piperidine rings is 2. The summed E-state index contributed by atoms with van der Waals surface area (Å²) < 4.78 is 0. The first kappa shape index (κ1) is 21.0. The molecule has 2 aromatic rings. The Morgan fingerprint density at radius 3 is 2.45 bits per heavy atom. The number of carbonyl (C=O) groups excluding carboxylic acids is 1. The Morgan fingerprint density at radius 2 is 1.71 bits per heavy atom. The van der Waals surface area contributed by atoms with E-state index in [-0.39, 0.29) is 12.0 Å². The van der Waals surface area contributed by atoms with Crippen molar-refractivity contribution < 1.29 is 9.90 Å². The zero-order valence-corrected chi connectivity index (χ0v) is 19.0. The molecule has 5 rings (SSSR count). The maximum atomic E-state index is 12.5. The summed E-state index contributed by atoms with van der Waals surface area (Å²) in [6, 6.07) is 11.6. The van der Waals surface area contributed by atoms with Gasteiger partial charge in [0.25, 0.3) is 0 Å². The highest BCUT2D eigenvalue weighted by molar-refractivity contribution is 7.10. The molecule has 2 saturated heterocycles. The summed E-state index contributed by atoms with van der Waals surface area (Å²) in [4.78, 5) is 21.2. The topological polar surface area (TPSA) is 47.0 Å². The van der Waals surface area contributed by atoms with Crippen molar-refractivity contribution in [3.63, 3.8) is 0 Å². The number of likely N-dealkylation sites (tertiary alicyclic amines) is 1. The van der Waals surface area contributed by atoms with Crippen LogP contribution in [0.5, 0.6) is 0 Å². The van der Waals surface area contributed by atoms with Gasteiger partial charge in [-0.3, -0.25) is 9.69 Å². The van der Waals surface area contributed by atoms with Gasteiger partial charge in [-0.1, -0.05) is 12.1 Å². The van der Waals surface area contributed by atoms with E-state index in [1.165, 1.54) is 31.5 Å². The molecule has 3 aliphatic rings. The van der Waals surface area contributed by atoms with Gasteiger partial charge in [0.05, 0.1) is 12.5 Å². The number of thiophene rings is 1. The van der Waals surface area contributed by atoms with E-state index >= 15 is 0 Å². The number of hydrogen-bond donors (Lipinski definition) is 1. The van der Waals surface area contributed by atoms with E-state index in [2.05, 4.69) is 45.5 Å². The molecular weight excluding hydrogens is 406 g/mol. The largest absolute Gasteiger partial charge is 0.393 e. The van der Waals surface area contributed by atoms with E-state index in [0.717, 1.165) is 25.2 Å². The first-order valence-electron chi connectivity index (χ1n) is 11.7. The van der Waals surface area contributed by atoms with Gasteiger partial charge in [-0.2, -0.15) is 0 Å². The van der Waals surface area contributed by atoms with E-state index in [0.29, 0.717) is 38.4 Å². The van der Waals surface area contributed by atoms with Gasteiger partial charge < -0.3 is 14.9 Å². The van der Waals surface area contributed by atoms with E-state index in [1.807, 2.05) is 16.2 Å². The van der Waals surface area contributed by atoms with Crippen LogP contribution in [0.15, 0.2) is 35.7 Å². The number of aliphatic hydroxyl groups excluding tert-OH is 1. The molecule has 2 fully saturated rings. The highest BCUT2D eigenvalue weighted by Crippen LogP contribution is 2.29. The minimum absolute atomic E-state index is 0.177. The predicted molar refractivity (Wildman–Crippen MR) is 126 cm³/mol. The van der Waals surface area contributed by atoms with Crippen molar-refractivity contribution in [3.05, 3.63) is 51.7 Å². The summed E-state index contributed by atoms with van der Waals surface area (Å²) in [6.07, 6.45) is 5.28. The van der Waals surface area contributed by atoms with E-state index in [4.69, 9.17) is 0 Å². The number of fused-ring (bicyclic) bond motifs is 1. The van der Waals surface area contributed by atoms with Gasteiger partial charge in [-0.15, -0.1) is 11.3 Å². The number of nitrogens with zero attached hydrogens (tertiary/aromatic N) is 3. The van der Waals surface area contributed by atoms with Crippen LogP contribution in [-0.2, 0) is 24.2 Å². The first-order chi connectivity index (χ1) is 15.2. The molecule has 0 bridgehead atoms. The Kier molecular flexibility index (Phi) is 6.30. The van der Waals surface area contributed by atoms with E-state index < -0.39 is 0 Å². The van der Waals surface area contributed by atoms with Crippen molar-refractivity contribution in [1.82, 2.24) is 9.80 Å². The SMILES string of the molecule is O=C(Cc1ccc(N2CCC(N3CCc4sccc4C3)CC2)cc1)N1CCC(O)CC1. The van der Waals surface area contributed by atoms with Crippen molar-refractivity contribution in [3.8, 4) is 0 Å². The molecule has 0 radical (unpaired) electrons. The molecule has 0 saturated carbocycles. The number of hydrogen-bond acceptors (Lipinski definition) is 5. The van der Waals surface area contributed by atoms with Crippen LogP contribution in [0.2, 0.25) is 0 Å². The Balaban J connectivity index is 1.11. The maximum absolute atomic E-state index is 12.5. The van der Waals surface area contributed by atoms with Crippen molar-refractivity contribution in [1.29, 1.82) is 0 Å². The fourth-order valence-corrected chi connectivity index (χ4v) is 6.19. The zero-order valence-electron chi connectivity index (χ0n) is 18.2. The third-order valence-electron chi connectivity index (χ3n) is 7.29. The quantitative estimate of drug-likeness (QED) is 0.794. The van der Waals surface area contributed by atoms with Gasteiger partial charge in [0.15, 0.2) is 0 Å². The normalized spacial score (nSPS) is 21.3. The second-order valence-corrected chi connectivity index (χ2v) is 10.3. The Labute approximate surface area is 189 Å². The van der Waals surface area contributed by atoms with Gasteiger partial charge in [-0.25, -0.2) is 0 Å². The summed E-state index contributed by atoms with van der Waals surface area (Å²) in [5.74, 6) is 0.177. The summed E-state index contributed by atoms with van der Waals surface area (Å²) in [5, 5.41) is 11.9. The van der Waals surface area contributed by atoms with Gasteiger partial charge in [0, 0.05) is 55.9 Å². The van der Waals surface area contributed by atoms with Crippen molar-refractivity contribution in [2.45, 2.75) is 57.2 Å². The van der Waals surface area contributed by atoms with Crippen LogP contribution in [0.4, 0.5) is 5.69 Å². The van der Waals surface area contributed by atoms with Crippen molar-refractivity contribution in [2.75, 3.05) is 37.6 Å². The summed E-state index contributed by atoms with van der Waals surface area (Å²) in [6.45, 7) is 5.90. The number of amides is 1. The number of rotatable bonds is 4. The zero-order chi connectivity index (χ0) is 21.2.